The maximum absolute atomic E-state index is 13.1. The number of nitro groups is 1. The van der Waals surface area contributed by atoms with Crippen molar-refractivity contribution in [2.45, 2.75) is 44.8 Å². The fraction of sp³-hybridized carbons (Fsp3) is 0.391. The van der Waals surface area contributed by atoms with Crippen LogP contribution in [-0.4, -0.2) is 30.3 Å². The molecule has 34 heavy (non-hydrogen) atoms. The summed E-state index contributed by atoms with van der Waals surface area (Å²) in [5, 5.41) is 19.7. The molecule has 2 aromatic carbocycles. The van der Waals surface area contributed by atoms with Gasteiger partial charge in [-0.25, -0.2) is 0 Å². The van der Waals surface area contributed by atoms with E-state index in [0.717, 1.165) is 12.1 Å². The van der Waals surface area contributed by atoms with Crippen LogP contribution in [0.25, 0.3) is 0 Å². The molecule has 0 unspecified atom stereocenters. The number of halogens is 3. The van der Waals surface area contributed by atoms with Gasteiger partial charge in [-0.1, -0.05) is 31.5 Å². The van der Waals surface area contributed by atoms with Crippen LogP contribution in [-0.2, 0) is 11.0 Å². The van der Waals surface area contributed by atoms with Gasteiger partial charge in [0.25, 0.3) is 11.6 Å². The van der Waals surface area contributed by atoms with E-state index in [-0.39, 0.29) is 35.8 Å². The number of alkyl halides is 3. The van der Waals surface area contributed by atoms with Crippen molar-refractivity contribution in [3.8, 4) is 0 Å². The number of benzene rings is 2. The van der Waals surface area contributed by atoms with Crippen LogP contribution < -0.4 is 16.0 Å². The molecule has 3 N–H and O–H groups in total. The highest BCUT2D eigenvalue weighted by atomic mass is 19.4. The number of hydrogen-bond acceptors (Lipinski definition) is 5. The minimum atomic E-state index is -4.47. The largest absolute Gasteiger partial charge is 0.416 e. The van der Waals surface area contributed by atoms with Gasteiger partial charge in [-0.15, -0.1) is 0 Å². The molecule has 2 amide bonds. The lowest BCUT2D eigenvalue weighted by Crippen LogP contribution is -2.29. The molecular formula is C23H27F3N4O4. The van der Waals surface area contributed by atoms with Gasteiger partial charge >= 0.3 is 6.18 Å². The number of carbonyl (C=O) groups is 2. The normalized spacial score (nSPS) is 12.0. The van der Waals surface area contributed by atoms with Crippen molar-refractivity contribution < 1.29 is 27.7 Å². The summed E-state index contributed by atoms with van der Waals surface area (Å²) < 4.78 is 38.7. The first-order chi connectivity index (χ1) is 16.1. The highest BCUT2D eigenvalue weighted by Crippen LogP contribution is 2.32. The molecule has 0 radical (unpaired) electrons. The summed E-state index contributed by atoms with van der Waals surface area (Å²) in [6, 6.07) is 8.03. The lowest BCUT2D eigenvalue weighted by atomic mass is 10.00. The minimum absolute atomic E-state index is 0.0181. The molecule has 184 valence electrons. The molecule has 0 aromatic heterocycles. The van der Waals surface area contributed by atoms with Crippen LogP contribution in [0.2, 0.25) is 0 Å². The average molecular weight is 480 g/mol. The van der Waals surface area contributed by atoms with Crippen LogP contribution in [0.1, 0.15) is 60.1 Å². The Hall–Kier alpha value is -3.63. The van der Waals surface area contributed by atoms with Gasteiger partial charge in [0, 0.05) is 26.1 Å². The summed E-state index contributed by atoms with van der Waals surface area (Å²) in [7, 11) is 1.50. The Morgan fingerprint density at radius 1 is 1.12 bits per heavy atom. The van der Waals surface area contributed by atoms with Crippen molar-refractivity contribution >= 4 is 23.2 Å². The third kappa shape index (κ3) is 7.19. The average Bonchev–Trinajstić information content (AvgIpc) is 2.80. The number of rotatable bonds is 11. The molecule has 2 aromatic rings. The van der Waals surface area contributed by atoms with Gasteiger partial charge in [0.2, 0.25) is 5.91 Å². The number of nitro benzene ring substituents is 1. The predicted molar refractivity (Wildman–Crippen MR) is 121 cm³/mol. The van der Waals surface area contributed by atoms with Gasteiger partial charge in [-0.05, 0) is 36.6 Å². The molecule has 8 nitrogen and oxygen atoms in total. The van der Waals surface area contributed by atoms with Gasteiger partial charge in [0.05, 0.1) is 22.1 Å². The van der Waals surface area contributed by atoms with Crippen LogP contribution in [0.15, 0.2) is 42.5 Å². The molecule has 11 heteroatoms. The summed E-state index contributed by atoms with van der Waals surface area (Å²) in [6.45, 7) is 2.09. The van der Waals surface area contributed by atoms with Gasteiger partial charge in [-0.2, -0.15) is 13.2 Å². The second-order valence-corrected chi connectivity index (χ2v) is 7.59. The lowest BCUT2D eigenvalue weighted by molar-refractivity contribution is -0.384. The van der Waals surface area contributed by atoms with Gasteiger partial charge in [0.1, 0.15) is 5.69 Å². The fourth-order valence-corrected chi connectivity index (χ4v) is 3.41. The Morgan fingerprint density at radius 3 is 2.35 bits per heavy atom. The highest BCUT2D eigenvalue weighted by Gasteiger charge is 2.30. The highest BCUT2D eigenvalue weighted by molar-refractivity contribution is 6.01. The summed E-state index contributed by atoms with van der Waals surface area (Å²) in [4.78, 5) is 35.4. The van der Waals surface area contributed by atoms with Crippen molar-refractivity contribution in [1.29, 1.82) is 0 Å². The minimum Gasteiger partial charge on any atom is -0.379 e. The number of nitrogens with one attached hydrogen (secondary N) is 3. The second kappa shape index (κ2) is 12.0. The van der Waals surface area contributed by atoms with Crippen molar-refractivity contribution in [3.05, 3.63) is 69.3 Å². The Balaban J connectivity index is 2.27. The zero-order chi connectivity index (χ0) is 25.3. The third-order valence-electron chi connectivity index (χ3n) is 5.17. The Kier molecular flexibility index (Phi) is 9.40. The van der Waals surface area contributed by atoms with Crippen molar-refractivity contribution in [2.75, 3.05) is 18.9 Å². The van der Waals surface area contributed by atoms with E-state index in [9.17, 15) is 32.9 Å². The summed E-state index contributed by atoms with van der Waals surface area (Å²) in [6.07, 6.45) is -2.77. The van der Waals surface area contributed by atoms with E-state index >= 15 is 0 Å². The summed E-state index contributed by atoms with van der Waals surface area (Å²) in [5.74, 6) is -0.780. The molecule has 2 rings (SSSR count). The van der Waals surface area contributed by atoms with E-state index in [1.54, 1.807) is 0 Å². The summed E-state index contributed by atoms with van der Waals surface area (Å²) in [5.41, 5.74) is -0.547. The van der Waals surface area contributed by atoms with E-state index in [0.29, 0.717) is 24.8 Å². The molecule has 0 aliphatic heterocycles. The van der Waals surface area contributed by atoms with Gasteiger partial charge in [-0.3, -0.25) is 19.7 Å². The van der Waals surface area contributed by atoms with Crippen LogP contribution in [0.3, 0.4) is 0 Å². The monoisotopic (exact) mass is 480 g/mol. The van der Waals surface area contributed by atoms with Crippen LogP contribution in [0.5, 0.6) is 0 Å². The van der Waals surface area contributed by atoms with Crippen molar-refractivity contribution in [3.63, 3.8) is 0 Å². The smallest absolute Gasteiger partial charge is 0.379 e. The van der Waals surface area contributed by atoms with E-state index in [2.05, 4.69) is 16.0 Å². The number of amides is 2. The first-order valence-corrected chi connectivity index (χ1v) is 10.8. The topological polar surface area (TPSA) is 113 Å². The maximum Gasteiger partial charge on any atom is 0.416 e. The Labute approximate surface area is 195 Å². The van der Waals surface area contributed by atoms with Crippen LogP contribution in [0, 0.1) is 10.1 Å². The molecular weight excluding hydrogens is 453 g/mol. The molecule has 0 aliphatic rings. The van der Waals surface area contributed by atoms with E-state index in [4.69, 9.17) is 0 Å². The van der Waals surface area contributed by atoms with E-state index in [1.807, 2.05) is 6.92 Å². The molecule has 0 bridgehead atoms. The first kappa shape index (κ1) is 26.6. The quantitative estimate of drug-likeness (QED) is 0.242. The molecule has 0 saturated carbocycles. The van der Waals surface area contributed by atoms with Crippen LogP contribution >= 0.6 is 0 Å². The van der Waals surface area contributed by atoms with Gasteiger partial charge in [0.15, 0.2) is 0 Å². The van der Waals surface area contributed by atoms with Crippen molar-refractivity contribution in [2.24, 2.45) is 0 Å². The third-order valence-corrected chi connectivity index (χ3v) is 5.17. The van der Waals surface area contributed by atoms with E-state index < -0.39 is 28.6 Å². The fourth-order valence-electron chi connectivity index (χ4n) is 3.41. The van der Waals surface area contributed by atoms with Crippen LogP contribution in [0.4, 0.5) is 24.5 Å². The summed E-state index contributed by atoms with van der Waals surface area (Å²) >= 11 is 0. The number of carbonyl (C=O) groups excluding carboxylic acids is 2. The molecule has 0 heterocycles. The first-order valence-electron chi connectivity index (χ1n) is 10.8. The Morgan fingerprint density at radius 2 is 1.79 bits per heavy atom. The molecule has 0 spiro atoms. The molecule has 0 saturated heterocycles. The molecule has 0 aliphatic carbocycles. The SMILES string of the molecule is CCC[C@H](NC(=O)c1cccc([N+](=O)[O-])c1NCCCC(=O)NC)c1ccc(C(F)(F)F)cc1. The lowest BCUT2D eigenvalue weighted by Gasteiger charge is -2.20. The van der Waals surface area contributed by atoms with E-state index in [1.165, 1.54) is 37.4 Å². The predicted octanol–water partition coefficient (Wildman–Crippen LogP) is 4.82. The zero-order valence-electron chi connectivity index (χ0n) is 18.9. The van der Waals surface area contributed by atoms with Crippen molar-refractivity contribution in [1.82, 2.24) is 10.6 Å². The molecule has 1 atom stereocenters. The standard InChI is InChI=1S/C23H27F3N4O4/c1-3-6-18(15-10-12-16(13-11-15)23(24,25)26)29-22(32)17-7-4-8-19(30(33)34)21(17)28-14-5-9-20(31)27-2/h4,7-8,10-13,18,28H,3,5-6,9,14H2,1-2H3,(H,27,31)(H,29,32)/t18-/m0/s1. The Bertz CT molecular complexity index is 1010. The molecule has 0 fully saturated rings. The number of para-hydroxylation sites is 1. The van der Waals surface area contributed by atoms with Gasteiger partial charge < -0.3 is 16.0 Å². The zero-order valence-corrected chi connectivity index (χ0v) is 18.9. The number of hydrogen-bond donors (Lipinski definition) is 3. The number of nitrogens with zero attached hydrogens (tertiary/aromatic N) is 1. The number of anilines is 1. The second-order valence-electron chi connectivity index (χ2n) is 7.59. The maximum atomic E-state index is 13.1.